The summed E-state index contributed by atoms with van der Waals surface area (Å²) in [4.78, 5) is 8.17. The number of benzene rings is 14. The van der Waals surface area contributed by atoms with Gasteiger partial charge in [0.1, 0.15) is 23.3 Å². The molecule has 0 bridgehead atoms. The lowest BCUT2D eigenvalue weighted by atomic mass is 10.0. The van der Waals surface area contributed by atoms with Crippen molar-refractivity contribution in [3.05, 3.63) is 301 Å². The first kappa shape index (κ1) is 52.7. The van der Waals surface area contributed by atoms with Crippen LogP contribution in [-0.4, -0.2) is 18.3 Å². The summed E-state index contributed by atoms with van der Waals surface area (Å²) in [7, 11) is 0. The van der Waals surface area contributed by atoms with Crippen LogP contribution >= 0.6 is 11.3 Å². The number of hydrogen-bond donors (Lipinski definition) is 0. The van der Waals surface area contributed by atoms with Crippen molar-refractivity contribution in [2.45, 2.75) is 0 Å². The summed E-state index contributed by atoms with van der Waals surface area (Å²) in [6, 6.07) is 96.4. The van der Waals surface area contributed by atoms with E-state index in [2.05, 4.69) is 234 Å². The zero-order valence-corrected chi connectivity index (χ0v) is 50.6. The van der Waals surface area contributed by atoms with Crippen LogP contribution in [0.5, 0.6) is 0 Å². The number of nitrogens with zero attached hydrogens (tertiary/aromatic N) is 8. The van der Waals surface area contributed by atoms with Crippen LogP contribution < -0.4 is 0 Å². The van der Waals surface area contributed by atoms with Crippen molar-refractivity contribution in [2.75, 3.05) is 0 Å². The quantitative estimate of drug-likeness (QED) is 0.164. The van der Waals surface area contributed by atoms with Gasteiger partial charge in [-0.3, -0.25) is 0 Å². The van der Waals surface area contributed by atoms with Crippen LogP contribution in [-0.2, 0) is 0 Å². The van der Waals surface area contributed by atoms with Gasteiger partial charge in [-0.25, -0.2) is 9.69 Å². The zero-order chi connectivity index (χ0) is 62.4. The number of thiophene rings is 1. The average molecular weight is 1210 g/mol. The van der Waals surface area contributed by atoms with Gasteiger partial charge in [0.25, 0.3) is 0 Å². The van der Waals surface area contributed by atoms with Crippen molar-refractivity contribution in [1.29, 1.82) is 10.5 Å². The minimum atomic E-state index is 0.463. The highest BCUT2D eigenvalue weighted by Crippen LogP contribution is 2.48. The van der Waals surface area contributed by atoms with Crippen LogP contribution in [0.3, 0.4) is 0 Å². The van der Waals surface area contributed by atoms with Gasteiger partial charge in [0.05, 0.1) is 91.2 Å². The first-order valence-electron chi connectivity index (χ1n) is 30.9. The fraction of sp³-hybridized carbons (Fsp3) is 0. The van der Waals surface area contributed by atoms with Gasteiger partial charge in [-0.2, -0.15) is 10.5 Å². The Labute approximate surface area is 539 Å². The van der Waals surface area contributed by atoms with Crippen LogP contribution in [0.25, 0.3) is 183 Å². The highest BCUT2D eigenvalue weighted by Gasteiger charge is 2.26. The van der Waals surface area contributed by atoms with Gasteiger partial charge in [-0.1, -0.05) is 176 Å². The molecular weight excluding hydrogens is 1170 g/mol. The van der Waals surface area contributed by atoms with Crippen molar-refractivity contribution in [2.24, 2.45) is 0 Å². The van der Waals surface area contributed by atoms with Crippen LogP contribution in [0.2, 0.25) is 0 Å². The maximum Gasteiger partial charge on any atom is 0.212 e. The molecular formula is C84H44N8OS. The highest BCUT2D eigenvalue weighted by atomic mass is 32.1. The maximum atomic E-state index is 10.7. The SMILES string of the molecule is [C-]#[N+]c1cc(-n2c3ccccc3c3c4sc5ccccc5c4ccc32)c(C#N)cc1-n1c2ccccc2c2c3ccccc3ccc21.[C-]#[N+]c1cc(-n2c3ccccc3c3cc4c(cc32)oc2ccccc24)c(C#N)cc1-n1c2ccccc2c2c3ccccc3ccc21. The molecule has 0 aliphatic carbocycles. The van der Waals surface area contributed by atoms with Gasteiger partial charge in [0, 0.05) is 80.1 Å². The fourth-order valence-electron chi connectivity index (χ4n) is 15.2. The Bertz CT molecular complexity index is 6690. The van der Waals surface area contributed by atoms with Crippen LogP contribution in [0, 0.1) is 35.8 Å². The molecule has 94 heavy (non-hydrogen) atoms. The largest absolute Gasteiger partial charge is 0.456 e. The van der Waals surface area contributed by atoms with E-state index >= 15 is 0 Å². The number of aromatic nitrogens is 4. The fourth-order valence-corrected chi connectivity index (χ4v) is 16.4. The van der Waals surface area contributed by atoms with Crippen LogP contribution in [0.15, 0.2) is 271 Å². The zero-order valence-electron chi connectivity index (χ0n) is 49.8. The number of nitriles is 2. The third kappa shape index (κ3) is 7.40. The highest BCUT2D eigenvalue weighted by molar-refractivity contribution is 7.26. The molecule has 0 N–H and O–H groups in total. The molecule has 9 nitrogen and oxygen atoms in total. The smallest absolute Gasteiger partial charge is 0.212 e. The molecule has 0 atom stereocenters. The molecule has 0 spiro atoms. The Morgan fingerprint density at radius 1 is 0.309 bits per heavy atom. The van der Waals surface area contributed by atoms with Crippen molar-refractivity contribution in [3.8, 4) is 34.9 Å². The van der Waals surface area contributed by atoms with Crippen molar-refractivity contribution in [1.82, 2.24) is 18.3 Å². The minimum Gasteiger partial charge on any atom is -0.456 e. The molecule has 10 heteroatoms. The Morgan fingerprint density at radius 3 is 1.29 bits per heavy atom. The lowest BCUT2D eigenvalue weighted by Gasteiger charge is -2.16. The number of furan rings is 1. The molecule has 6 heterocycles. The van der Waals surface area contributed by atoms with Gasteiger partial charge in [-0.15, -0.1) is 11.3 Å². The Morgan fingerprint density at radius 2 is 0.734 bits per heavy atom. The van der Waals surface area contributed by atoms with E-state index in [0.717, 1.165) is 115 Å². The Balaban J connectivity index is 0.000000133. The van der Waals surface area contributed by atoms with Gasteiger partial charge < -0.3 is 22.7 Å². The second-order valence-corrected chi connectivity index (χ2v) is 24.9. The van der Waals surface area contributed by atoms with Gasteiger partial charge in [-0.05, 0) is 106 Å². The third-order valence-corrected chi connectivity index (χ3v) is 20.3. The van der Waals surface area contributed by atoms with E-state index in [-0.39, 0.29) is 0 Å². The molecule has 0 amide bonds. The molecule has 432 valence electrons. The molecule has 0 unspecified atom stereocenters. The second kappa shape index (κ2) is 20.1. The van der Waals surface area contributed by atoms with Crippen LogP contribution in [0.1, 0.15) is 11.1 Å². The topological polar surface area (TPSA) is 89.2 Å². The summed E-state index contributed by atoms with van der Waals surface area (Å²) in [5.41, 5.74) is 14.2. The number of para-hydroxylation sites is 5. The lowest BCUT2D eigenvalue weighted by molar-refractivity contribution is 0.669. The van der Waals surface area contributed by atoms with Crippen molar-refractivity contribution >= 4 is 174 Å². The molecule has 0 saturated carbocycles. The molecule has 0 fully saturated rings. The Hall–Kier alpha value is -13.2. The minimum absolute atomic E-state index is 0.463. The molecule has 0 aliphatic heterocycles. The first-order chi connectivity index (χ1) is 46.5. The second-order valence-electron chi connectivity index (χ2n) is 23.8. The predicted molar refractivity (Wildman–Crippen MR) is 387 cm³/mol. The Kier molecular flexibility index (Phi) is 11.3. The summed E-state index contributed by atoms with van der Waals surface area (Å²) in [5, 5.41) is 39.6. The molecule has 20 aromatic rings. The van der Waals surface area contributed by atoms with Crippen LogP contribution in [0.4, 0.5) is 11.4 Å². The molecule has 14 aromatic carbocycles. The number of fused-ring (bicyclic) bond motifs is 23. The third-order valence-electron chi connectivity index (χ3n) is 19.1. The summed E-state index contributed by atoms with van der Waals surface area (Å²) < 4.78 is 17.4. The van der Waals surface area contributed by atoms with Gasteiger partial charge >= 0.3 is 0 Å². The summed E-state index contributed by atoms with van der Waals surface area (Å²) in [6.07, 6.45) is 0. The van der Waals surface area contributed by atoms with E-state index in [4.69, 9.17) is 17.6 Å². The number of rotatable bonds is 4. The van der Waals surface area contributed by atoms with E-state index in [1.165, 1.54) is 36.3 Å². The normalized spacial score (nSPS) is 11.8. The molecule has 0 radical (unpaired) electrons. The molecule has 20 rings (SSSR count). The van der Waals surface area contributed by atoms with E-state index in [1.54, 1.807) is 11.3 Å². The van der Waals surface area contributed by atoms with E-state index in [9.17, 15) is 10.5 Å². The molecule has 6 aromatic heterocycles. The van der Waals surface area contributed by atoms with Crippen molar-refractivity contribution in [3.63, 3.8) is 0 Å². The molecule has 0 aliphatic rings. The first-order valence-corrected chi connectivity index (χ1v) is 31.7. The summed E-state index contributed by atoms with van der Waals surface area (Å²) in [5.74, 6) is 0. The van der Waals surface area contributed by atoms with Crippen molar-refractivity contribution < 1.29 is 4.42 Å². The van der Waals surface area contributed by atoms with Gasteiger partial charge in [0.2, 0.25) is 11.4 Å². The summed E-state index contributed by atoms with van der Waals surface area (Å²) >= 11 is 1.81. The predicted octanol–water partition coefficient (Wildman–Crippen LogP) is 23.2. The lowest BCUT2D eigenvalue weighted by Crippen LogP contribution is -2.01. The average Bonchev–Trinajstić information content (AvgIpc) is 1.57. The van der Waals surface area contributed by atoms with E-state index in [0.29, 0.717) is 45.3 Å². The maximum absolute atomic E-state index is 10.7. The number of hydrogen-bond acceptors (Lipinski definition) is 4. The van der Waals surface area contributed by atoms with E-state index in [1.807, 2.05) is 72.8 Å². The monoisotopic (exact) mass is 1210 g/mol. The van der Waals surface area contributed by atoms with Gasteiger partial charge in [0.15, 0.2) is 0 Å². The summed E-state index contributed by atoms with van der Waals surface area (Å²) in [6.45, 7) is 16.8. The standard InChI is InChI=1S/C42H22N4O.C42H22N4S/c1-44-33-22-37(46-34-15-7-4-12-28(34)31-21-32-29-13-6-9-17-40(29)47-41(32)23-38(31)46)26(24-43)20-39(33)45-35-16-8-5-14-30(35)42-27-11-3-2-10-25(27)18-19-36(42)45;1-44-32-23-37(45-34-16-8-5-14-31(34)41-36(45)21-19-29-28-12-6-9-17-39(28)47-42(29)41)26(24-43)22-38(32)46-33-15-7-4-13-30(33)40-27-11-3-2-10-25(27)18-20-35(40)46/h2*2-23H. The molecule has 0 saturated heterocycles. The van der Waals surface area contributed by atoms with E-state index < -0.39 is 0 Å².